The average Bonchev–Trinajstić information content (AvgIpc) is 2.96. The van der Waals surface area contributed by atoms with E-state index in [1.54, 1.807) is 12.1 Å². The summed E-state index contributed by atoms with van der Waals surface area (Å²) >= 11 is 0. The predicted molar refractivity (Wildman–Crippen MR) is 152 cm³/mol. The summed E-state index contributed by atoms with van der Waals surface area (Å²) in [5.74, 6) is 2.33. The molecule has 2 unspecified atom stereocenters. The first-order valence-electron chi connectivity index (χ1n) is 15.9. The van der Waals surface area contributed by atoms with Gasteiger partial charge in [-0.1, -0.05) is 57.2 Å². The first kappa shape index (κ1) is 29.6. The van der Waals surface area contributed by atoms with Gasteiger partial charge in [-0.2, -0.15) is 4.39 Å². The predicted octanol–water partition coefficient (Wildman–Crippen LogP) is 9.84. The van der Waals surface area contributed by atoms with Gasteiger partial charge in [0.2, 0.25) is 5.82 Å². The third kappa shape index (κ3) is 8.29. The highest BCUT2D eigenvalue weighted by molar-refractivity contribution is 5.31. The number of halogens is 2. The summed E-state index contributed by atoms with van der Waals surface area (Å²) in [5, 5.41) is 0. The van der Waals surface area contributed by atoms with Gasteiger partial charge in [0.25, 0.3) is 0 Å². The van der Waals surface area contributed by atoms with Crippen LogP contribution in [0.4, 0.5) is 8.78 Å². The van der Waals surface area contributed by atoms with Crippen molar-refractivity contribution in [3.63, 3.8) is 0 Å². The van der Waals surface area contributed by atoms with Gasteiger partial charge < -0.3 is 9.47 Å². The lowest BCUT2D eigenvalue weighted by molar-refractivity contribution is -0.0740. The third-order valence-corrected chi connectivity index (χ3v) is 10.0. The molecule has 4 heteroatoms. The fourth-order valence-corrected chi connectivity index (χ4v) is 7.39. The number of rotatable bonds is 12. The summed E-state index contributed by atoms with van der Waals surface area (Å²) in [4.78, 5) is 0. The first-order chi connectivity index (χ1) is 18.6. The van der Waals surface area contributed by atoms with E-state index >= 15 is 0 Å². The maximum Gasteiger partial charge on any atom is 0.200 e. The van der Waals surface area contributed by atoms with E-state index in [9.17, 15) is 8.78 Å². The maximum atomic E-state index is 14.6. The summed E-state index contributed by atoms with van der Waals surface area (Å²) in [5.41, 5.74) is 0.492. The van der Waals surface area contributed by atoms with Gasteiger partial charge in [0.15, 0.2) is 11.6 Å². The molecule has 38 heavy (non-hydrogen) atoms. The molecule has 4 rings (SSSR count). The molecule has 3 fully saturated rings. The molecular formula is C34H52F2O2. The topological polar surface area (TPSA) is 18.5 Å². The highest BCUT2D eigenvalue weighted by atomic mass is 19.2. The van der Waals surface area contributed by atoms with Crippen molar-refractivity contribution >= 4 is 0 Å². The molecule has 214 valence electrons. The molecule has 1 aliphatic heterocycles. The lowest BCUT2D eigenvalue weighted by atomic mass is 9.71. The van der Waals surface area contributed by atoms with Gasteiger partial charge in [0, 0.05) is 0 Å². The van der Waals surface area contributed by atoms with Crippen molar-refractivity contribution in [2.24, 2.45) is 29.6 Å². The summed E-state index contributed by atoms with van der Waals surface area (Å²) in [6, 6.07) is 3.32. The van der Waals surface area contributed by atoms with E-state index in [0.717, 1.165) is 49.5 Å². The molecule has 1 aromatic carbocycles. The number of benzene rings is 1. The zero-order valence-electron chi connectivity index (χ0n) is 24.1. The molecule has 3 aliphatic rings. The van der Waals surface area contributed by atoms with Gasteiger partial charge in [-0.25, -0.2) is 4.39 Å². The smallest absolute Gasteiger partial charge is 0.200 e. The minimum atomic E-state index is -0.824. The van der Waals surface area contributed by atoms with Gasteiger partial charge in [-0.05, 0) is 119 Å². The van der Waals surface area contributed by atoms with Gasteiger partial charge >= 0.3 is 0 Å². The van der Waals surface area contributed by atoms with Crippen LogP contribution in [0.15, 0.2) is 24.3 Å². The second-order valence-electron chi connectivity index (χ2n) is 12.5. The fourth-order valence-electron chi connectivity index (χ4n) is 7.39. The van der Waals surface area contributed by atoms with E-state index in [1.807, 2.05) is 0 Å². The van der Waals surface area contributed by atoms with Crippen molar-refractivity contribution in [1.29, 1.82) is 0 Å². The molecule has 0 N–H and O–H groups in total. The summed E-state index contributed by atoms with van der Waals surface area (Å²) in [7, 11) is 0. The van der Waals surface area contributed by atoms with E-state index in [2.05, 4.69) is 26.0 Å². The molecular weight excluding hydrogens is 478 g/mol. The monoisotopic (exact) mass is 530 g/mol. The third-order valence-electron chi connectivity index (χ3n) is 10.0. The van der Waals surface area contributed by atoms with E-state index < -0.39 is 11.6 Å². The second-order valence-corrected chi connectivity index (χ2v) is 12.5. The van der Waals surface area contributed by atoms with Crippen LogP contribution in [-0.4, -0.2) is 19.3 Å². The second kappa shape index (κ2) is 15.4. The SMILES string of the molecule is C/C=C/CCC1CCC(C2CCC(C3CCC(CCc4ccc(OCCCC)c(F)c4F)CC3)CO2)CC1. The summed E-state index contributed by atoms with van der Waals surface area (Å²) < 4.78 is 41.0. The number of hydrogen-bond donors (Lipinski definition) is 0. The van der Waals surface area contributed by atoms with Crippen LogP contribution in [-0.2, 0) is 11.2 Å². The van der Waals surface area contributed by atoms with Crippen molar-refractivity contribution in [1.82, 2.24) is 0 Å². The van der Waals surface area contributed by atoms with Crippen molar-refractivity contribution < 1.29 is 18.3 Å². The molecule has 0 radical (unpaired) electrons. The molecule has 0 aromatic heterocycles. The highest BCUT2D eigenvalue weighted by Gasteiger charge is 2.35. The van der Waals surface area contributed by atoms with Gasteiger partial charge in [-0.15, -0.1) is 0 Å². The minimum absolute atomic E-state index is 0.0462. The van der Waals surface area contributed by atoms with Crippen LogP contribution >= 0.6 is 0 Å². The summed E-state index contributed by atoms with van der Waals surface area (Å²) in [6.07, 6.45) is 24.0. The molecule has 2 atom stereocenters. The number of ether oxygens (including phenoxy) is 2. The van der Waals surface area contributed by atoms with Crippen LogP contribution in [0.2, 0.25) is 0 Å². The number of aryl methyl sites for hydroxylation is 1. The van der Waals surface area contributed by atoms with E-state index in [4.69, 9.17) is 9.47 Å². The molecule has 1 saturated heterocycles. The molecule has 2 aliphatic carbocycles. The summed E-state index contributed by atoms with van der Waals surface area (Å²) in [6.45, 7) is 5.56. The van der Waals surface area contributed by atoms with Crippen LogP contribution in [0, 0.1) is 41.2 Å². The first-order valence-corrected chi connectivity index (χ1v) is 15.9. The van der Waals surface area contributed by atoms with Crippen molar-refractivity contribution in [2.75, 3.05) is 13.2 Å². The quantitative estimate of drug-likeness (QED) is 0.198. The van der Waals surface area contributed by atoms with Gasteiger partial charge in [-0.3, -0.25) is 0 Å². The average molecular weight is 531 g/mol. The molecule has 2 saturated carbocycles. The van der Waals surface area contributed by atoms with Gasteiger partial charge in [0.05, 0.1) is 19.3 Å². The highest BCUT2D eigenvalue weighted by Crippen LogP contribution is 2.42. The number of allylic oxidation sites excluding steroid dienone is 2. The molecule has 1 heterocycles. The Hall–Kier alpha value is -1.42. The molecule has 0 amide bonds. The Labute approximate surface area is 231 Å². The largest absolute Gasteiger partial charge is 0.490 e. The Morgan fingerprint density at radius 2 is 1.53 bits per heavy atom. The number of unbranched alkanes of at least 4 members (excludes halogenated alkanes) is 1. The minimum Gasteiger partial charge on any atom is -0.490 e. The van der Waals surface area contributed by atoms with Crippen LogP contribution < -0.4 is 4.74 Å². The molecule has 0 spiro atoms. The van der Waals surface area contributed by atoms with Gasteiger partial charge in [0.1, 0.15) is 0 Å². The van der Waals surface area contributed by atoms with Crippen LogP contribution in [0.1, 0.15) is 116 Å². The van der Waals surface area contributed by atoms with Crippen LogP contribution in [0.3, 0.4) is 0 Å². The Bertz CT molecular complexity index is 844. The molecule has 0 bridgehead atoms. The number of hydrogen-bond acceptors (Lipinski definition) is 2. The Kier molecular flexibility index (Phi) is 12.0. The zero-order chi connectivity index (χ0) is 26.7. The van der Waals surface area contributed by atoms with Crippen molar-refractivity contribution in [2.45, 2.75) is 123 Å². The standard InChI is InChI=1S/C34H52F2O2/c1-3-5-7-8-25-11-16-28(17-12-25)31-21-20-30(24-38-31)27-14-9-26(10-15-27)13-18-29-19-22-32(34(36)33(29)35)37-23-6-4-2/h3,5,19,22,25-28,30-31H,4,6-18,20-21,23-24H2,1-2H3/b5-3+. The Morgan fingerprint density at radius 1 is 0.842 bits per heavy atom. The molecule has 1 aromatic rings. The van der Waals surface area contributed by atoms with Crippen LogP contribution in [0.5, 0.6) is 5.75 Å². The van der Waals surface area contributed by atoms with Crippen molar-refractivity contribution in [3.8, 4) is 5.75 Å². The Morgan fingerprint density at radius 3 is 2.18 bits per heavy atom. The van der Waals surface area contributed by atoms with Crippen LogP contribution in [0.25, 0.3) is 0 Å². The fraction of sp³-hybridized carbons (Fsp3) is 0.765. The Balaban J connectivity index is 1.13. The maximum absolute atomic E-state index is 14.6. The molecule has 2 nitrogen and oxygen atoms in total. The zero-order valence-corrected chi connectivity index (χ0v) is 24.1. The van der Waals surface area contributed by atoms with E-state index in [-0.39, 0.29) is 5.75 Å². The lowest BCUT2D eigenvalue weighted by Gasteiger charge is -2.41. The lowest BCUT2D eigenvalue weighted by Crippen LogP contribution is -2.37. The van der Waals surface area contributed by atoms with E-state index in [1.165, 1.54) is 77.0 Å². The normalized spacial score (nSPS) is 30.5. The van der Waals surface area contributed by atoms with Crippen molar-refractivity contribution in [3.05, 3.63) is 41.5 Å². The van der Waals surface area contributed by atoms with E-state index in [0.29, 0.717) is 30.6 Å².